The molecule has 2 aromatic heterocycles. The van der Waals surface area contributed by atoms with E-state index in [0.29, 0.717) is 41.4 Å². The summed E-state index contributed by atoms with van der Waals surface area (Å²) in [5.41, 5.74) is 2.09. The molecule has 1 atom stereocenters. The summed E-state index contributed by atoms with van der Waals surface area (Å²) < 4.78 is 22.0. The van der Waals surface area contributed by atoms with Crippen molar-refractivity contribution in [1.29, 1.82) is 5.26 Å². The first-order valence-corrected chi connectivity index (χ1v) is 12.1. The van der Waals surface area contributed by atoms with E-state index >= 15 is 0 Å². The molecule has 9 nitrogen and oxygen atoms in total. The number of halogens is 2. The lowest BCUT2D eigenvalue weighted by Gasteiger charge is -2.23. The van der Waals surface area contributed by atoms with Crippen LogP contribution < -0.4 is 10.6 Å². The number of hydrogen-bond acceptors (Lipinski definition) is 7. The highest BCUT2D eigenvalue weighted by atomic mass is 35.5. The number of fused-ring (bicyclic) bond motifs is 1. The van der Waals surface area contributed by atoms with Crippen molar-refractivity contribution in [2.75, 3.05) is 18.5 Å². The average Bonchev–Trinajstić information content (AvgIpc) is 3.33. The highest BCUT2D eigenvalue weighted by Gasteiger charge is 2.22. The molecule has 1 fully saturated rings. The molecule has 2 aromatic carbocycles. The predicted molar refractivity (Wildman–Crippen MR) is 136 cm³/mol. The van der Waals surface area contributed by atoms with Crippen molar-refractivity contribution >= 4 is 34.4 Å². The van der Waals surface area contributed by atoms with E-state index in [-0.39, 0.29) is 22.0 Å². The third kappa shape index (κ3) is 5.38. The summed E-state index contributed by atoms with van der Waals surface area (Å²) in [7, 11) is 1.76. The van der Waals surface area contributed by atoms with Gasteiger partial charge in [-0.2, -0.15) is 10.4 Å². The number of nitriles is 1. The van der Waals surface area contributed by atoms with Gasteiger partial charge in [0.05, 0.1) is 33.7 Å². The van der Waals surface area contributed by atoms with Gasteiger partial charge in [0.2, 0.25) is 5.95 Å². The summed E-state index contributed by atoms with van der Waals surface area (Å²) in [5, 5.41) is 20.1. The third-order valence-corrected chi connectivity index (χ3v) is 6.56. The standard InChI is InChI=1S/C26H23ClFN7O2/c1-35-14-18(12-31-35)24(15-2-3-16(11-29)21(27)8-15)34-25(36)17-9-22(28)20-13-30-26(33-23(20)10-17)32-19-4-6-37-7-5-19/h2-3,8-10,12-14,19,24H,4-7H2,1H3,(H,34,36)(H,30,32,33). The Labute approximate surface area is 217 Å². The van der Waals surface area contributed by atoms with Crippen LogP contribution in [0.4, 0.5) is 10.3 Å². The van der Waals surface area contributed by atoms with Crippen molar-refractivity contribution in [1.82, 2.24) is 25.1 Å². The minimum absolute atomic E-state index is 0.106. The average molecular weight is 520 g/mol. The molecule has 2 N–H and O–H groups in total. The number of benzene rings is 2. The maximum Gasteiger partial charge on any atom is 0.252 e. The maximum atomic E-state index is 15.0. The summed E-state index contributed by atoms with van der Waals surface area (Å²) in [6, 6.07) is 9.19. The second kappa shape index (κ2) is 10.5. The third-order valence-electron chi connectivity index (χ3n) is 6.25. The first kappa shape index (κ1) is 24.6. The van der Waals surface area contributed by atoms with Gasteiger partial charge in [0.25, 0.3) is 5.91 Å². The van der Waals surface area contributed by atoms with Crippen LogP contribution in [-0.4, -0.2) is 44.9 Å². The summed E-state index contributed by atoms with van der Waals surface area (Å²) in [6.45, 7) is 1.32. The van der Waals surface area contributed by atoms with E-state index in [1.807, 2.05) is 6.07 Å². The van der Waals surface area contributed by atoms with Crippen molar-refractivity contribution in [3.8, 4) is 6.07 Å². The SMILES string of the molecule is Cn1cc(C(NC(=O)c2cc(F)c3cnc(NC4CCOCC4)nc3c2)c2ccc(C#N)c(Cl)c2)cn1. The van der Waals surface area contributed by atoms with Gasteiger partial charge in [-0.05, 0) is 42.7 Å². The van der Waals surface area contributed by atoms with Crippen LogP contribution in [0.1, 0.15) is 45.9 Å². The minimum Gasteiger partial charge on any atom is -0.381 e. The molecule has 0 bridgehead atoms. The molecule has 0 saturated carbocycles. The van der Waals surface area contributed by atoms with Gasteiger partial charge in [-0.1, -0.05) is 17.7 Å². The Morgan fingerprint density at radius 2 is 2.05 bits per heavy atom. The number of carbonyl (C=O) groups is 1. The lowest BCUT2D eigenvalue weighted by molar-refractivity contribution is 0.0903. The van der Waals surface area contributed by atoms with Crippen LogP contribution in [-0.2, 0) is 11.8 Å². The van der Waals surface area contributed by atoms with E-state index in [4.69, 9.17) is 16.3 Å². The molecular weight excluding hydrogens is 497 g/mol. The van der Waals surface area contributed by atoms with E-state index in [2.05, 4.69) is 25.7 Å². The fraction of sp³-hybridized carbons (Fsp3) is 0.269. The highest BCUT2D eigenvalue weighted by Crippen LogP contribution is 2.27. The Morgan fingerprint density at radius 1 is 1.24 bits per heavy atom. The lowest BCUT2D eigenvalue weighted by Crippen LogP contribution is -2.29. The van der Waals surface area contributed by atoms with Crippen LogP contribution in [0.25, 0.3) is 10.9 Å². The largest absolute Gasteiger partial charge is 0.381 e. The number of rotatable bonds is 6. The Bertz CT molecular complexity index is 1510. The summed E-state index contributed by atoms with van der Waals surface area (Å²) in [6.07, 6.45) is 6.46. The van der Waals surface area contributed by atoms with Gasteiger partial charge < -0.3 is 15.4 Å². The number of aromatic nitrogens is 4. The van der Waals surface area contributed by atoms with Crippen molar-refractivity contribution < 1.29 is 13.9 Å². The number of nitrogens with one attached hydrogen (secondary N) is 2. The van der Waals surface area contributed by atoms with E-state index in [9.17, 15) is 14.4 Å². The van der Waals surface area contributed by atoms with Gasteiger partial charge in [-0.25, -0.2) is 14.4 Å². The fourth-order valence-electron chi connectivity index (χ4n) is 4.28. The number of aryl methyl sites for hydroxylation is 1. The molecule has 37 heavy (non-hydrogen) atoms. The molecule has 1 aliphatic heterocycles. The topological polar surface area (TPSA) is 118 Å². The number of amides is 1. The molecule has 0 radical (unpaired) electrons. The van der Waals surface area contributed by atoms with E-state index in [1.165, 1.54) is 18.3 Å². The molecule has 3 heterocycles. The second-order valence-corrected chi connectivity index (χ2v) is 9.23. The van der Waals surface area contributed by atoms with Crippen molar-refractivity contribution in [3.05, 3.63) is 82.0 Å². The Balaban J connectivity index is 1.45. The van der Waals surface area contributed by atoms with Crippen LogP contribution >= 0.6 is 11.6 Å². The zero-order valence-electron chi connectivity index (χ0n) is 19.9. The van der Waals surface area contributed by atoms with Crippen LogP contribution in [0.2, 0.25) is 5.02 Å². The molecule has 1 unspecified atom stereocenters. The molecule has 11 heteroatoms. The number of nitrogens with zero attached hydrogens (tertiary/aromatic N) is 5. The Kier molecular flexibility index (Phi) is 6.99. The van der Waals surface area contributed by atoms with Crippen LogP contribution in [0.15, 0.2) is 48.9 Å². The van der Waals surface area contributed by atoms with Crippen LogP contribution in [0.5, 0.6) is 0 Å². The molecule has 1 amide bonds. The van der Waals surface area contributed by atoms with Gasteiger partial charge in [0, 0.05) is 49.8 Å². The fourth-order valence-corrected chi connectivity index (χ4v) is 4.51. The minimum atomic E-state index is -0.638. The van der Waals surface area contributed by atoms with Crippen molar-refractivity contribution in [2.24, 2.45) is 7.05 Å². The molecule has 0 aliphatic carbocycles. The molecule has 5 rings (SSSR count). The van der Waals surface area contributed by atoms with Gasteiger partial charge in [-0.15, -0.1) is 0 Å². The molecule has 4 aromatic rings. The second-order valence-electron chi connectivity index (χ2n) is 8.82. The highest BCUT2D eigenvalue weighted by molar-refractivity contribution is 6.31. The first-order chi connectivity index (χ1) is 17.9. The van der Waals surface area contributed by atoms with E-state index in [0.717, 1.165) is 12.8 Å². The van der Waals surface area contributed by atoms with Crippen LogP contribution in [0, 0.1) is 17.1 Å². The molecule has 0 spiro atoms. The molecule has 1 aliphatic rings. The zero-order valence-corrected chi connectivity index (χ0v) is 20.7. The van der Waals surface area contributed by atoms with Gasteiger partial charge in [0.15, 0.2) is 0 Å². The quantitative estimate of drug-likeness (QED) is 0.393. The number of ether oxygens (including phenoxy) is 1. The van der Waals surface area contributed by atoms with E-state index in [1.54, 1.807) is 42.3 Å². The Morgan fingerprint density at radius 3 is 2.76 bits per heavy atom. The molecule has 1 saturated heterocycles. The molecular formula is C26H23ClFN7O2. The summed E-state index contributed by atoms with van der Waals surface area (Å²) >= 11 is 6.26. The summed E-state index contributed by atoms with van der Waals surface area (Å²) in [5.74, 6) is -0.732. The molecule has 188 valence electrons. The first-order valence-electron chi connectivity index (χ1n) is 11.7. The lowest BCUT2D eigenvalue weighted by atomic mass is 9.99. The number of anilines is 1. The normalized spacial score (nSPS) is 14.8. The van der Waals surface area contributed by atoms with E-state index < -0.39 is 17.8 Å². The summed E-state index contributed by atoms with van der Waals surface area (Å²) in [4.78, 5) is 22.0. The van der Waals surface area contributed by atoms with Crippen LogP contribution in [0.3, 0.4) is 0 Å². The van der Waals surface area contributed by atoms with Gasteiger partial charge >= 0.3 is 0 Å². The maximum absolute atomic E-state index is 15.0. The van der Waals surface area contributed by atoms with Crippen molar-refractivity contribution in [2.45, 2.75) is 24.9 Å². The van der Waals surface area contributed by atoms with Crippen molar-refractivity contribution in [3.63, 3.8) is 0 Å². The zero-order chi connectivity index (χ0) is 25.9. The van der Waals surface area contributed by atoms with Gasteiger partial charge in [0.1, 0.15) is 11.9 Å². The predicted octanol–water partition coefficient (Wildman–Crippen LogP) is 4.14. The number of carbonyl (C=O) groups excluding carboxylic acids is 1. The number of hydrogen-bond donors (Lipinski definition) is 2. The Hall–Kier alpha value is -4.07. The monoisotopic (exact) mass is 519 g/mol. The smallest absolute Gasteiger partial charge is 0.252 e. The van der Waals surface area contributed by atoms with Gasteiger partial charge in [-0.3, -0.25) is 9.48 Å².